The fourth-order valence-corrected chi connectivity index (χ4v) is 3.66. The van der Waals surface area contributed by atoms with E-state index >= 15 is 0 Å². The van der Waals surface area contributed by atoms with Crippen LogP contribution in [0.5, 0.6) is 0 Å². The molecule has 2 fully saturated rings. The summed E-state index contributed by atoms with van der Waals surface area (Å²) in [7, 11) is 0. The van der Waals surface area contributed by atoms with E-state index in [1.807, 2.05) is 20.0 Å². The van der Waals surface area contributed by atoms with E-state index in [2.05, 4.69) is 31.2 Å². The van der Waals surface area contributed by atoms with Crippen molar-refractivity contribution in [2.75, 3.05) is 24.5 Å². The molecule has 6 heteroatoms. The van der Waals surface area contributed by atoms with Crippen molar-refractivity contribution in [3.05, 3.63) is 21.0 Å². The van der Waals surface area contributed by atoms with Crippen molar-refractivity contribution >= 4 is 21.6 Å². The van der Waals surface area contributed by atoms with Crippen molar-refractivity contribution < 1.29 is 0 Å². The Balaban J connectivity index is 1.98. The molecule has 0 spiro atoms. The quantitative estimate of drug-likeness (QED) is 0.892. The van der Waals surface area contributed by atoms with Crippen molar-refractivity contribution in [1.82, 2.24) is 15.1 Å². The number of fused-ring (bicyclic) bond motifs is 1. The molecule has 0 aromatic carbocycles. The predicted molar refractivity (Wildman–Crippen MR) is 78.7 cm³/mol. The SMILES string of the molecule is CC(C)n1ncc(N2CC[C@H]3CNC[C@H]32)c(Br)c1=O. The van der Waals surface area contributed by atoms with E-state index in [-0.39, 0.29) is 11.6 Å². The lowest BCUT2D eigenvalue weighted by Gasteiger charge is -2.26. The number of aromatic nitrogens is 2. The van der Waals surface area contributed by atoms with E-state index in [4.69, 9.17) is 0 Å². The first-order valence-electron chi connectivity index (χ1n) is 6.84. The third-order valence-corrected chi connectivity index (χ3v) is 4.91. The average molecular weight is 327 g/mol. The van der Waals surface area contributed by atoms with Crippen LogP contribution in [-0.4, -0.2) is 35.5 Å². The van der Waals surface area contributed by atoms with Crippen LogP contribution >= 0.6 is 15.9 Å². The van der Waals surface area contributed by atoms with Gasteiger partial charge in [0.25, 0.3) is 5.56 Å². The molecule has 1 N–H and O–H groups in total. The maximum Gasteiger partial charge on any atom is 0.283 e. The third kappa shape index (κ3) is 2.10. The molecular formula is C13H19BrN4O. The molecule has 0 amide bonds. The molecular weight excluding hydrogens is 308 g/mol. The number of anilines is 1. The first kappa shape index (κ1) is 13.1. The molecule has 2 aliphatic rings. The smallest absolute Gasteiger partial charge is 0.283 e. The van der Waals surface area contributed by atoms with Crippen LogP contribution in [0.1, 0.15) is 26.3 Å². The van der Waals surface area contributed by atoms with Gasteiger partial charge in [-0.1, -0.05) is 0 Å². The molecule has 0 unspecified atom stereocenters. The van der Waals surface area contributed by atoms with Crippen molar-refractivity contribution in [2.45, 2.75) is 32.4 Å². The Kier molecular flexibility index (Phi) is 3.39. The summed E-state index contributed by atoms with van der Waals surface area (Å²) >= 11 is 3.47. The van der Waals surface area contributed by atoms with Crippen molar-refractivity contribution in [2.24, 2.45) is 5.92 Å². The zero-order valence-electron chi connectivity index (χ0n) is 11.3. The minimum Gasteiger partial charge on any atom is -0.365 e. The summed E-state index contributed by atoms with van der Waals surface area (Å²) in [5.74, 6) is 0.708. The fraction of sp³-hybridized carbons (Fsp3) is 0.692. The van der Waals surface area contributed by atoms with Gasteiger partial charge in [-0.2, -0.15) is 5.10 Å². The standard InChI is InChI=1S/C13H19BrN4O/c1-8(2)18-13(19)12(14)11(7-16-18)17-4-3-9-5-15-6-10(9)17/h7-10,15H,3-6H2,1-2H3/t9-,10+/m0/s1. The van der Waals surface area contributed by atoms with E-state index in [1.165, 1.54) is 11.1 Å². The molecule has 3 rings (SSSR count). The molecule has 0 bridgehead atoms. The molecule has 2 saturated heterocycles. The Labute approximate surface area is 121 Å². The van der Waals surface area contributed by atoms with Crippen LogP contribution in [0.3, 0.4) is 0 Å². The summed E-state index contributed by atoms with van der Waals surface area (Å²) in [5.41, 5.74) is 0.903. The van der Waals surface area contributed by atoms with E-state index in [0.29, 0.717) is 16.4 Å². The lowest BCUT2D eigenvalue weighted by Crippen LogP contribution is -2.36. The van der Waals surface area contributed by atoms with Crippen LogP contribution in [0.2, 0.25) is 0 Å². The van der Waals surface area contributed by atoms with Gasteiger partial charge in [0.05, 0.1) is 17.9 Å². The first-order valence-corrected chi connectivity index (χ1v) is 7.63. The second-order valence-electron chi connectivity index (χ2n) is 5.66. The molecule has 2 atom stereocenters. The fourth-order valence-electron chi connectivity index (χ4n) is 3.15. The topological polar surface area (TPSA) is 50.2 Å². The highest BCUT2D eigenvalue weighted by Crippen LogP contribution is 2.34. The van der Waals surface area contributed by atoms with Gasteiger partial charge in [-0.3, -0.25) is 4.79 Å². The molecule has 1 aromatic rings. The average Bonchev–Trinajstić information content (AvgIpc) is 2.95. The summed E-state index contributed by atoms with van der Waals surface area (Å²) < 4.78 is 2.16. The molecule has 1 aromatic heterocycles. The van der Waals surface area contributed by atoms with Crippen LogP contribution in [0.4, 0.5) is 5.69 Å². The van der Waals surface area contributed by atoms with E-state index in [9.17, 15) is 4.79 Å². The second-order valence-corrected chi connectivity index (χ2v) is 6.45. The van der Waals surface area contributed by atoms with Gasteiger partial charge in [-0.15, -0.1) is 0 Å². The van der Waals surface area contributed by atoms with Gasteiger partial charge in [-0.05, 0) is 42.1 Å². The number of hydrogen-bond donors (Lipinski definition) is 1. The number of halogens is 1. The summed E-state index contributed by atoms with van der Waals surface area (Å²) in [5, 5.41) is 7.74. The second kappa shape index (κ2) is 4.90. The van der Waals surface area contributed by atoms with Crippen LogP contribution in [-0.2, 0) is 0 Å². The Hall–Kier alpha value is -0.880. The lowest BCUT2D eigenvalue weighted by molar-refractivity contribution is 0.499. The van der Waals surface area contributed by atoms with Crippen LogP contribution in [0.25, 0.3) is 0 Å². The minimum absolute atomic E-state index is 0.0399. The predicted octanol–water partition coefficient (Wildman–Crippen LogP) is 1.38. The van der Waals surface area contributed by atoms with Gasteiger partial charge in [0, 0.05) is 25.7 Å². The molecule has 5 nitrogen and oxygen atoms in total. The zero-order valence-corrected chi connectivity index (χ0v) is 12.9. The lowest BCUT2D eigenvalue weighted by atomic mass is 10.1. The molecule has 2 aliphatic heterocycles. The van der Waals surface area contributed by atoms with Gasteiger partial charge in [-0.25, -0.2) is 4.68 Å². The first-order chi connectivity index (χ1) is 9.09. The van der Waals surface area contributed by atoms with E-state index < -0.39 is 0 Å². The Morgan fingerprint density at radius 3 is 3.00 bits per heavy atom. The molecule has 0 aliphatic carbocycles. The summed E-state index contributed by atoms with van der Waals surface area (Å²) in [4.78, 5) is 14.6. The normalized spacial score (nSPS) is 26.2. The highest BCUT2D eigenvalue weighted by Gasteiger charge is 2.38. The van der Waals surface area contributed by atoms with E-state index in [1.54, 1.807) is 0 Å². The van der Waals surface area contributed by atoms with Crippen molar-refractivity contribution in [3.8, 4) is 0 Å². The van der Waals surface area contributed by atoms with Gasteiger partial charge >= 0.3 is 0 Å². The van der Waals surface area contributed by atoms with Gasteiger partial charge in [0.2, 0.25) is 0 Å². The van der Waals surface area contributed by atoms with E-state index in [0.717, 1.165) is 25.3 Å². The molecule has 104 valence electrons. The van der Waals surface area contributed by atoms with Crippen LogP contribution in [0.15, 0.2) is 15.5 Å². The van der Waals surface area contributed by atoms with Crippen LogP contribution < -0.4 is 15.8 Å². The number of hydrogen-bond acceptors (Lipinski definition) is 4. The van der Waals surface area contributed by atoms with Crippen molar-refractivity contribution in [1.29, 1.82) is 0 Å². The maximum absolute atomic E-state index is 12.3. The molecule has 19 heavy (non-hydrogen) atoms. The largest absolute Gasteiger partial charge is 0.365 e. The Morgan fingerprint density at radius 1 is 1.47 bits per heavy atom. The summed E-state index contributed by atoms with van der Waals surface area (Å²) in [6.07, 6.45) is 3.02. The summed E-state index contributed by atoms with van der Waals surface area (Å²) in [6, 6.07) is 0.588. The maximum atomic E-state index is 12.3. The highest BCUT2D eigenvalue weighted by molar-refractivity contribution is 9.10. The van der Waals surface area contributed by atoms with Crippen molar-refractivity contribution in [3.63, 3.8) is 0 Å². The minimum atomic E-state index is -0.0399. The molecule has 0 saturated carbocycles. The summed E-state index contributed by atoms with van der Waals surface area (Å²) in [6.45, 7) is 7.04. The molecule has 0 radical (unpaired) electrons. The zero-order chi connectivity index (χ0) is 13.6. The number of nitrogens with one attached hydrogen (secondary N) is 1. The third-order valence-electron chi connectivity index (χ3n) is 4.17. The number of nitrogens with zero attached hydrogens (tertiary/aromatic N) is 3. The van der Waals surface area contributed by atoms with Gasteiger partial charge < -0.3 is 10.2 Å². The van der Waals surface area contributed by atoms with Gasteiger partial charge in [0.1, 0.15) is 4.47 Å². The van der Waals surface area contributed by atoms with Crippen LogP contribution in [0, 0.1) is 5.92 Å². The van der Waals surface area contributed by atoms with Gasteiger partial charge in [0.15, 0.2) is 0 Å². The highest BCUT2D eigenvalue weighted by atomic mass is 79.9. The Morgan fingerprint density at radius 2 is 2.26 bits per heavy atom. The Bertz CT molecular complexity index is 542. The monoisotopic (exact) mass is 326 g/mol. The molecule has 3 heterocycles. The number of rotatable bonds is 2.